The average Bonchev–Trinajstić information content (AvgIpc) is 2.69. The third kappa shape index (κ3) is 19.6. The van der Waals surface area contributed by atoms with Crippen molar-refractivity contribution in [3.8, 4) is 0 Å². The number of carbonyl (C=O) groups excluding carboxylic acids is 6. The third-order valence-electron chi connectivity index (χ3n) is 4.06. The summed E-state index contributed by atoms with van der Waals surface area (Å²) in [7, 11) is 0. The SMILES string of the molecule is CC(=O)CC(=O)OC(C)COCC(COCC(C)OC(=O)CC(C)=O)OCC(C)OC(=O)CC(C)=O. The lowest BCUT2D eigenvalue weighted by Gasteiger charge is -2.22. The molecule has 3 atom stereocenters. The molecule has 0 aromatic heterocycles. The summed E-state index contributed by atoms with van der Waals surface area (Å²) < 4.78 is 32.1. The van der Waals surface area contributed by atoms with Crippen LogP contribution in [0.3, 0.4) is 0 Å². The number of Topliss-reactive ketones (excluding diaryl/α,β-unsaturated/α-hetero) is 3. The van der Waals surface area contributed by atoms with Gasteiger partial charge >= 0.3 is 17.9 Å². The number of hydrogen-bond acceptors (Lipinski definition) is 12. The highest BCUT2D eigenvalue weighted by Crippen LogP contribution is 2.05. The maximum Gasteiger partial charge on any atom is 0.313 e. The van der Waals surface area contributed by atoms with Gasteiger partial charge in [0, 0.05) is 0 Å². The van der Waals surface area contributed by atoms with Crippen LogP contribution < -0.4 is 0 Å². The van der Waals surface area contributed by atoms with Crippen LogP contribution in [0.25, 0.3) is 0 Å². The van der Waals surface area contributed by atoms with Crippen LogP contribution in [0, 0.1) is 0 Å². The summed E-state index contributed by atoms with van der Waals surface area (Å²) in [5, 5.41) is 0. The molecule has 0 aliphatic carbocycles. The standard InChI is InChI=1S/C24H38O12/c1-15(25)7-22(28)34-18(4)10-31-13-21(33-12-20(6)36-24(30)9-17(3)27)14-32-11-19(5)35-23(29)8-16(2)26/h18-21H,7-14H2,1-6H3. The Morgan fingerprint density at radius 1 is 0.500 bits per heavy atom. The summed E-state index contributed by atoms with van der Waals surface area (Å²) in [5.74, 6) is -2.89. The van der Waals surface area contributed by atoms with Crippen molar-refractivity contribution >= 4 is 35.3 Å². The van der Waals surface area contributed by atoms with Crippen molar-refractivity contribution < 1.29 is 57.2 Å². The van der Waals surface area contributed by atoms with Crippen LogP contribution in [0.15, 0.2) is 0 Å². The first kappa shape index (κ1) is 33.3. The van der Waals surface area contributed by atoms with Crippen molar-refractivity contribution in [2.75, 3.05) is 33.0 Å². The van der Waals surface area contributed by atoms with Gasteiger partial charge in [-0.3, -0.25) is 28.8 Å². The summed E-state index contributed by atoms with van der Waals surface area (Å²) >= 11 is 0. The van der Waals surface area contributed by atoms with E-state index in [1.807, 2.05) is 0 Å². The van der Waals surface area contributed by atoms with E-state index in [1.54, 1.807) is 20.8 Å². The van der Waals surface area contributed by atoms with E-state index in [2.05, 4.69) is 0 Å². The predicted molar refractivity (Wildman–Crippen MR) is 124 cm³/mol. The molecule has 0 bridgehead atoms. The van der Waals surface area contributed by atoms with Crippen molar-refractivity contribution in [3.05, 3.63) is 0 Å². The van der Waals surface area contributed by atoms with Crippen molar-refractivity contribution in [2.45, 2.75) is 85.2 Å². The molecule has 0 N–H and O–H groups in total. The Balaban J connectivity index is 4.69. The van der Waals surface area contributed by atoms with Gasteiger partial charge in [0.1, 0.15) is 61.0 Å². The molecule has 0 aromatic rings. The molecule has 0 aliphatic rings. The fraction of sp³-hybridized carbons (Fsp3) is 0.750. The summed E-state index contributed by atoms with van der Waals surface area (Å²) in [5.41, 5.74) is 0. The highest BCUT2D eigenvalue weighted by atomic mass is 16.6. The molecule has 0 amide bonds. The quantitative estimate of drug-likeness (QED) is 0.129. The van der Waals surface area contributed by atoms with Crippen LogP contribution in [0.4, 0.5) is 0 Å². The van der Waals surface area contributed by atoms with Crippen LogP contribution in [0.1, 0.15) is 60.8 Å². The van der Waals surface area contributed by atoms with Gasteiger partial charge in [-0.1, -0.05) is 0 Å². The van der Waals surface area contributed by atoms with Crippen LogP contribution in [0.5, 0.6) is 0 Å². The number of hydrogen-bond donors (Lipinski definition) is 0. The van der Waals surface area contributed by atoms with Gasteiger partial charge in [-0.2, -0.15) is 0 Å². The molecule has 0 aromatic carbocycles. The van der Waals surface area contributed by atoms with Gasteiger partial charge in [-0.15, -0.1) is 0 Å². The van der Waals surface area contributed by atoms with E-state index in [0.29, 0.717) is 0 Å². The molecule has 0 aliphatic heterocycles. The fourth-order valence-electron chi connectivity index (χ4n) is 2.66. The van der Waals surface area contributed by atoms with Gasteiger partial charge in [0.15, 0.2) is 0 Å². The van der Waals surface area contributed by atoms with Gasteiger partial charge < -0.3 is 28.4 Å². The zero-order chi connectivity index (χ0) is 27.7. The Kier molecular flexibility index (Phi) is 17.2. The third-order valence-corrected chi connectivity index (χ3v) is 4.06. The molecule has 0 heterocycles. The molecule has 0 radical (unpaired) electrons. The lowest BCUT2D eigenvalue weighted by molar-refractivity contribution is -0.160. The van der Waals surface area contributed by atoms with Crippen LogP contribution in [0.2, 0.25) is 0 Å². The summed E-state index contributed by atoms with van der Waals surface area (Å²) in [6.45, 7) is 8.79. The van der Waals surface area contributed by atoms with Gasteiger partial charge in [0.2, 0.25) is 0 Å². The Morgan fingerprint density at radius 2 is 0.806 bits per heavy atom. The largest absolute Gasteiger partial charge is 0.460 e. The molecule has 0 spiro atoms. The first-order valence-electron chi connectivity index (χ1n) is 11.6. The number of carbonyl (C=O) groups is 6. The van der Waals surface area contributed by atoms with Crippen LogP contribution in [-0.4, -0.2) is 92.7 Å². The second-order valence-electron chi connectivity index (χ2n) is 8.57. The normalized spacial score (nSPS) is 14.2. The molecule has 206 valence electrons. The summed E-state index contributed by atoms with van der Waals surface area (Å²) in [6.07, 6.45) is -3.45. The van der Waals surface area contributed by atoms with Crippen LogP contribution in [-0.2, 0) is 57.2 Å². The maximum absolute atomic E-state index is 11.6. The van der Waals surface area contributed by atoms with Gasteiger partial charge in [0.25, 0.3) is 0 Å². The number of rotatable bonds is 20. The Morgan fingerprint density at radius 3 is 1.11 bits per heavy atom. The van der Waals surface area contributed by atoms with E-state index < -0.39 is 42.3 Å². The zero-order valence-electron chi connectivity index (χ0n) is 21.9. The van der Waals surface area contributed by atoms with Crippen molar-refractivity contribution in [3.63, 3.8) is 0 Å². The minimum atomic E-state index is -0.662. The van der Waals surface area contributed by atoms with Crippen molar-refractivity contribution in [1.29, 1.82) is 0 Å². The summed E-state index contributed by atoms with van der Waals surface area (Å²) in [6, 6.07) is 0. The Hall–Kier alpha value is -2.70. The molecule has 0 saturated carbocycles. The van der Waals surface area contributed by atoms with E-state index in [9.17, 15) is 28.8 Å². The first-order chi connectivity index (χ1) is 16.8. The lowest BCUT2D eigenvalue weighted by Crippen LogP contribution is -2.33. The molecule has 0 fully saturated rings. The predicted octanol–water partition coefficient (Wildman–Crippen LogP) is 1.14. The molecular weight excluding hydrogens is 480 g/mol. The number of esters is 3. The Labute approximate surface area is 211 Å². The number of ether oxygens (including phenoxy) is 6. The monoisotopic (exact) mass is 518 g/mol. The summed E-state index contributed by atoms with van der Waals surface area (Å²) in [4.78, 5) is 67.8. The number of ketones is 3. The average molecular weight is 519 g/mol. The zero-order valence-corrected chi connectivity index (χ0v) is 21.9. The second-order valence-corrected chi connectivity index (χ2v) is 8.57. The van der Waals surface area contributed by atoms with Gasteiger partial charge in [-0.25, -0.2) is 0 Å². The van der Waals surface area contributed by atoms with E-state index in [1.165, 1.54) is 20.8 Å². The lowest BCUT2D eigenvalue weighted by atomic mass is 10.3. The first-order valence-corrected chi connectivity index (χ1v) is 11.6. The fourth-order valence-corrected chi connectivity index (χ4v) is 2.66. The van der Waals surface area contributed by atoms with E-state index in [0.717, 1.165) is 0 Å². The second kappa shape index (κ2) is 18.6. The molecule has 0 saturated heterocycles. The molecule has 0 rings (SSSR count). The molecule has 12 heteroatoms. The highest BCUT2D eigenvalue weighted by molar-refractivity contribution is 5.95. The van der Waals surface area contributed by atoms with Crippen molar-refractivity contribution in [2.24, 2.45) is 0 Å². The minimum absolute atomic E-state index is 0.00661. The van der Waals surface area contributed by atoms with E-state index in [4.69, 9.17) is 28.4 Å². The Bertz CT molecular complexity index is 705. The van der Waals surface area contributed by atoms with Crippen molar-refractivity contribution in [1.82, 2.24) is 0 Å². The molecular formula is C24H38O12. The molecule has 3 unspecified atom stereocenters. The van der Waals surface area contributed by atoms with E-state index >= 15 is 0 Å². The highest BCUT2D eigenvalue weighted by Gasteiger charge is 2.19. The maximum atomic E-state index is 11.6. The minimum Gasteiger partial charge on any atom is -0.460 e. The van der Waals surface area contributed by atoms with Gasteiger partial charge in [-0.05, 0) is 41.5 Å². The van der Waals surface area contributed by atoms with Gasteiger partial charge in [0.05, 0.1) is 33.0 Å². The smallest absolute Gasteiger partial charge is 0.313 e. The molecule has 36 heavy (non-hydrogen) atoms. The molecule has 12 nitrogen and oxygen atoms in total. The topological polar surface area (TPSA) is 158 Å². The van der Waals surface area contributed by atoms with Crippen LogP contribution >= 0.6 is 0 Å². The van der Waals surface area contributed by atoms with E-state index in [-0.39, 0.29) is 69.6 Å².